The van der Waals surface area contributed by atoms with Crippen LogP contribution >= 0.6 is 0 Å². The average molecular weight is 237 g/mol. The lowest BCUT2D eigenvalue weighted by Gasteiger charge is -2.16. The van der Waals surface area contributed by atoms with E-state index in [1.165, 1.54) is 0 Å². The molecule has 2 heterocycles. The van der Waals surface area contributed by atoms with Crippen molar-refractivity contribution in [2.75, 3.05) is 18.9 Å². The van der Waals surface area contributed by atoms with Gasteiger partial charge in [0.25, 0.3) is 5.91 Å². The monoisotopic (exact) mass is 237 g/mol. The van der Waals surface area contributed by atoms with Crippen LogP contribution in [-0.4, -0.2) is 30.1 Å². The average Bonchev–Trinajstić information content (AvgIpc) is 2.94. The topological polar surface area (TPSA) is 80.1 Å². The van der Waals surface area contributed by atoms with Crippen molar-refractivity contribution in [2.24, 2.45) is 5.92 Å². The second-order valence-corrected chi connectivity index (χ2v) is 4.42. The maximum absolute atomic E-state index is 11.8. The minimum absolute atomic E-state index is 0.108. The van der Waals surface area contributed by atoms with Crippen LogP contribution in [0.3, 0.4) is 0 Å². The number of hydrogen-bond acceptors (Lipinski definition) is 3. The van der Waals surface area contributed by atoms with E-state index < -0.39 is 0 Å². The molecule has 1 aromatic rings. The number of nitrogen functional groups attached to an aromatic ring is 1. The molecule has 0 radical (unpaired) electrons. The van der Waals surface area contributed by atoms with Crippen molar-refractivity contribution < 1.29 is 9.53 Å². The minimum Gasteiger partial charge on any atom is -0.397 e. The molecule has 5 heteroatoms. The van der Waals surface area contributed by atoms with Gasteiger partial charge in [-0.1, -0.05) is 6.92 Å². The largest absolute Gasteiger partial charge is 0.397 e. The molecule has 2 rings (SSSR count). The Hall–Kier alpha value is -1.49. The summed E-state index contributed by atoms with van der Waals surface area (Å²) in [4.78, 5) is 14.6. The zero-order valence-electron chi connectivity index (χ0n) is 10.0. The molecule has 0 spiro atoms. The van der Waals surface area contributed by atoms with Crippen molar-refractivity contribution in [2.45, 2.75) is 25.9 Å². The van der Waals surface area contributed by atoms with E-state index in [4.69, 9.17) is 10.5 Å². The molecule has 0 aliphatic carbocycles. The van der Waals surface area contributed by atoms with Crippen LogP contribution in [0.15, 0.2) is 12.3 Å². The van der Waals surface area contributed by atoms with E-state index in [2.05, 4.69) is 17.2 Å². The Balaban J connectivity index is 1.84. The van der Waals surface area contributed by atoms with Crippen molar-refractivity contribution in [3.8, 4) is 0 Å². The predicted molar refractivity (Wildman–Crippen MR) is 65.7 cm³/mol. The van der Waals surface area contributed by atoms with E-state index in [0.29, 0.717) is 23.8 Å². The van der Waals surface area contributed by atoms with Gasteiger partial charge in [-0.15, -0.1) is 0 Å². The first kappa shape index (κ1) is 12.0. The predicted octanol–water partition coefficient (Wildman–Crippen LogP) is 1.14. The zero-order valence-corrected chi connectivity index (χ0v) is 10.0. The van der Waals surface area contributed by atoms with Crippen LogP contribution in [0.5, 0.6) is 0 Å². The van der Waals surface area contributed by atoms with E-state index in [1.54, 1.807) is 12.3 Å². The first-order valence-corrected chi connectivity index (χ1v) is 6.04. The van der Waals surface area contributed by atoms with Gasteiger partial charge in [0.05, 0.1) is 6.10 Å². The summed E-state index contributed by atoms with van der Waals surface area (Å²) >= 11 is 0. The van der Waals surface area contributed by atoms with Gasteiger partial charge in [0.2, 0.25) is 0 Å². The second kappa shape index (κ2) is 5.23. The van der Waals surface area contributed by atoms with Crippen LogP contribution in [-0.2, 0) is 4.74 Å². The molecule has 4 N–H and O–H groups in total. The number of amides is 1. The van der Waals surface area contributed by atoms with E-state index in [9.17, 15) is 4.79 Å². The van der Waals surface area contributed by atoms with Gasteiger partial charge in [-0.05, 0) is 18.9 Å². The van der Waals surface area contributed by atoms with Gasteiger partial charge in [0, 0.05) is 31.0 Å². The summed E-state index contributed by atoms with van der Waals surface area (Å²) in [5.74, 6) is 0.319. The SMILES string of the molecule is CCC1OCCC1CNC(=O)c1cc(N)c[nH]1. The van der Waals surface area contributed by atoms with Gasteiger partial charge in [-0.2, -0.15) is 0 Å². The van der Waals surface area contributed by atoms with Gasteiger partial charge < -0.3 is 20.8 Å². The number of nitrogens with two attached hydrogens (primary N) is 1. The summed E-state index contributed by atoms with van der Waals surface area (Å²) in [6, 6.07) is 1.64. The van der Waals surface area contributed by atoms with E-state index in [1.807, 2.05) is 0 Å². The smallest absolute Gasteiger partial charge is 0.267 e. The van der Waals surface area contributed by atoms with Crippen LogP contribution < -0.4 is 11.1 Å². The number of ether oxygens (including phenoxy) is 1. The van der Waals surface area contributed by atoms with Crippen LogP contribution in [0.1, 0.15) is 30.3 Å². The zero-order chi connectivity index (χ0) is 12.3. The fourth-order valence-electron chi connectivity index (χ4n) is 2.24. The normalized spacial score (nSPS) is 23.8. The molecule has 1 aliphatic rings. The van der Waals surface area contributed by atoms with Crippen molar-refractivity contribution in [3.05, 3.63) is 18.0 Å². The number of rotatable bonds is 4. The fourth-order valence-corrected chi connectivity index (χ4v) is 2.24. The molecule has 5 nitrogen and oxygen atoms in total. The molecule has 94 valence electrons. The summed E-state index contributed by atoms with van der Waals surface area (Å²) in [5.41, 5.74) is 6.63. The molecular formula is C12H19N3O2. The Morgan fingerprint density at radius 2 is 2.53 bits per heavy atom. The Labute approximate surface area is 101 Å². The van der Waals surface area contributed by atoms with Gasteiger partial charge in [0.15, 0.2) is 0 Å². The Morgan fingerprint density at radius 1 is 1.71 bits per heavy atom. The summed E-state index contributed by atoms with van der Waals surface area (Å²) in [6.45, 7) is 3.57. The molecule has 1 fully saturated rings. The van der Waals surface area contributed by atoms with Gasteiger partial charge >= 0.3 is 0 Å². The molecular weight excluding hydrogens is 218 g/mol. The van der Waals surface area contributed by atoms with Crippen molar-refractivity contribution in [1.29, 1.82) is 0 Å². The van der Waals surface area contributed by atoms with Crippen molar-refractivity contribution >= 4 is 11.6 Å². The Kier molecular flexibility index (Phi) is 3.68. The van der Waals surface area contributed by atoms with Gasteiger partial charge in [0.1, 0.15) is 5.69 Å². The van der Waals surface area contributed by atoms with Crippen molar-refractivity contribution in [1.82, 2.24) is 10.3 Å². The highest BCUT2D eigenvalue weighted by atomic mass is 16.5. The first-order chi connectivity index (χ1) is 8.20. The molecule has 2 unspecified atom stereocenters. The lowest BCUT2D eigenvalue weighted by molar-refractivity contribution is 0.0825. The number of hydrogen-bond donors (Lipinski definition) is 3. The summed E-state index contributed by atoms with van der Waals surface area (Å²) in [5, 5.41) is 2.91. The lowest BCUT2D eigenvalue weighted by atomic mass is 10.00. The number of aromatic amines is 1. The first-order valence-electron chi connectivity index (χ1n) is 6.04. The van der Waals surface area contributed by atoms with E-state index in [-0.39, 0.29) is 12.0 Å². The standard InChI is InChI=1S/C12H19N3O2/c1-2-11-8(3-4-17-11)6-15-12(16)10-5-9(13)7-14-10/h5,7-8,11,14H,2-4,6,13H2,1H3,(H,15,16). The maximum Gasteiger partial charge on any atom is 0.267 e. The highest BCUT2D eigenvalue weighted by molar-refractivity contribution is 5.93. The van der Waals surface area contributed by atoms with Crippen LogP contribution in [0.25, 0.3) is 0 Å². The molecule has 2 atom stereocenters. The molecule has 17 heavy (non-hydrogen) atoms. The Bertz CT molecular complexity index is 389. The second-order valence-electron chi connectivity index (χ2n) is 4.42. The molecule has 1 aliphatic heterocycles. The molecule has 1 aromatic heterocycles. The van der Waals surface area contributed by atoms with Crippen LogP contribution in [0.2, 0.25) is 0 Å². The number of aromatic nitrogens is 1. The van der Waals surface area contributed by atoms with Gasteiger partial charge in [-0.25, -0.2) is 0 Å². The quantitative estimate of drug-likeness (QED) is 0.734. The fraction of sp³-hybridized carbons (Fsp3) is 0.583. The maximum atomic E-state index is 11.8. The van der Waals surface area contributed by atoms with E-state index in [0.717, 1.165) is 19.4 Å². The molecule has 1 amide bonds. The third kappa shape index (κ3) is 2.79. The molecule has 0 bridgehead atoms. The highest BCUT2D eigenvalue weighted by Gasteiger charge is 2.26. The van der Waals surface area contributed by atoms with Crippen LogP contribution in [0, 0.1) is 5.92 Å². The third-order valence-corrected chi connectivity index (χ3v) is 3.22. The minimum atomic E-state index is -0.108. The Morgan fingerprint density at radius 3 is 3.18 bits per heavy atom. The van der Waals surface area contributed by atoms with Gasteiger partial charge in [-0.3, -0.25) is 4.79 Å². The third-order valence-electron chi connectivity index (χ3n) is 3.22. The van der Waals surface area contributed by atoms with Crippen molar-refractivity contribution in [3.63, 3.8) is 0 Å². The summed E-state index contributed by atoms with van der Waals surface area (Å²) in [7, 11) is 0. The molecule has 0 aromatic carbocycles. The lowest BCUT2D eigenvalue weighted by Crippen LogP contribution is -2.32. The van der Waals surface area contributed by atoms with E-state index >= 15 is 0 Å². The molecule has 0 saturated carbocycles. The highest BCUT2D eigenvalue weighted by Crippen LogP contribution is 2.22. The molecule has 1 saturated heterocycles. The van der Waals surface area contributed by atoms with Crippen LogP contribution in [0.4, 0.5) is 5.69 Å². The number of nitrogens with one attached hydrogen (secondary N) is 2. The summed E-state index contributed by atoms with van der Waals surface area (Å²) < 4.78 is 5.58. The number of anilines is 1. The summed E-state index contributed by atoms with van der Waals surface area (Å²) in [6.07, 6.45) is 3.91. The number of carbonyl (C=O) groups is 1. The number of H-pyrrole nitrogens is 1. The number of carbonyl (C=O) groups excluding carboxylic acids is 1.